The molecule has 0 aromatic heterocycles. The lowest BCUT2D eigenvalue weighted by Crippen LogP contribution is -2.22. The van der Waals surface area contributed by atoms with E-state index in [4.69, 9.17) is 4.74 Å². The first-order valence-corrected chi connectivity index (χ1v) is 6.16. The number of rotatable bonds is 6. The minimum Gasteiger partial charge on any atom is -0.466 e. The Bertz CT molecular complexity index is 346. The highest BCUT2D eigenvalue weighted by molar-refractivity contribution is 5.72. The molecule has 0 fully saturated rings. The van der Waals surface area contributed by atoms with E-state index in [1.165, 1.54) is 5.56 Å². The van der Waals surface area contributed by atoms with Gasteiger partial charge in [0.15, 0.2) is 0 Å². The zero-order chi connectivity index (χ0) is 12.7. The van der Waals surface area contributed by atoms with Crippen LogP contribution in [-0.2, 0) is 16.0 Å². The SMILES string of the molecule is CCOC(=O)C(C)CNc1ccc(CC)cc1. The van der Waals surface area contributed by atoms with E-state index in [1.807, 2.05) is 26.0 Å². The molecule has 1 rings (SSSR count). The molecular weight excluding hydrogens is 214 g/mol. The Morgan fingerprint density at radius 2 is 1.94 bits per heavy atom. The predicted octanol–water partition coefficient (Wildman–Crippen LogP) is 2.86. The molecule has 17 heavy (non-hydrogen) atoms. The number of carbonyl (C=O) groups excluding carboxylic acids is 1. The Morgan fingerprint density at radius 3 is 2.47 bits per heavy atom. The van der Waals surface area contributed by atoms with Crippen LogP contribution in [0.5, 0.6) is 0 Å². The van der Waals surface area contributed by atoms with Crippen LogP contribution in [0.1, 0.15) is 26.3 Å². The van der Waals surface area contributed by atoms with Gasteiger partial charge in [0.05, 0.1) is 12.5 Å². The highest BCUT2D eigenvalue weighted by Crippen LogP contribution is 2.11. The second kappa shape index (κ2) is 6.94. The van der Waals surface area contributed by atoms with Crippen molar-refractivity contribution in [2.75, 3.05) is 18.5 Å². The van der Waals surface area contributed by atoms with Crippen molar-refractivity contribution in [3.63, 3.8) is 0 Å². The van der Waals surface area contributed by atoms with Crippen molar-refractivity contribution in [2.24, 2.45) is 5.92 Å². The summed E-state index contributed by atoms with van der Waals surface area (Å²) in [6.45, 7) is 6.86. The van der Waals surface area contributed by atoms with Crippen molar-refractivity contribution < 1.29 is 9.53 Å². The van der Waals surface area contributed by atoms with Gasteiger partial charge in [-0.25, -0.2) is 0 Å². The maximum absolute atomic E-state index is 11.4. The lowest BCUT2D eigenvalue weighted by molar-refractivity contribution is -0.146. The number of hydrogen-bond donors (Lipinski definition) is 1. The number of carbonyl (C=O) groups is 1. The number of nitrogens with one attached hydrogen (secondary N) is 1. The van der Waals surface area contributed by atoms with E-state index < -0.39 is 0 Å². The third kappa shape index (κ3) is 4.47. The minimum absolute atomic E-state index is 0.124. The summed E-state index contributed by atoms with van der Waals surface area (Å²) < 4.78 is 4.95. The number of anilines is 1. The van der Waals surface area contributed by atoms with E-state index in [-0.39, 0.29) is 11.9 Å². The van der Waals surface area contributed by atoms with Crippen LogP contribution in [0.4, 0.5) is 5.69 Å². The van der Waals surface area contributed by atoms with Gasteiger partial charge in [0.1, 0.15) is 0 Å². The van der Waals surface area contributed by atoms with Crippen molar-refractivity contribution in [3.8, 4) is 0 Å². The van der Waals surface area contributed by atoms with Crippen LogP contribution in [0.15, 0.2) is 24.3 Å². The second-order valence-corrected chi connectivity index (χ2v) is 4.08. The van der Waals surface area contributed by atoms with Gasteiger partial charge in [0, 0.05) is 12.2 Å². The van der Waals surface area contributed by atoms with Crippen LogP contribution < -0.4 is 5.32 Å². The molecule has 0 bridgehead atoms. The number of hydrogen-bond acceptors (Lipinski definition) is 3. The second-order valence-electron chi connectivity index (χ2n) is 4.08. The van der Waals surface area contributed by atoms with Crippen molar-refractivity contribution in [1.82, 2.24) is 0 Å². The van der Waals surface area contributed by atoms with Crippen molar-refractivity contribution >= 4 is 11.7 Å². The first-order chi connectivity index (χ1) is 8.17. The number of benzene rings is 1. The van der Waals surface area contributed by atoms with Gasteiger partial charge >= 0.3 is 5.97 Å². The average Bonchev–Trinajstić information content (AvgIpc) is 2.36. The Kier molecular flexibility index (Phi) is 5.53. The van der Waals surface area contributed by atoms with Gasteiger partial charge in [-0.3, -0.25) is 4.79 Å². The highest BCUT2D eigenvalue weighted by atomic mass is 16.5. The number of ether oxygens (including phenoxy) is 1. The van der Waals surface area contributed by atoms with E-state index in [1.54, 1.807) is 0 Å². The first-order valence-electron chi connectivity index (χ1n) is 6.16. The molecule has 0 aliphatic carbocycles. The molecule has 0 amide bonds. The van der Waals surface area contributed by atoms with Gasteiger partial charge in [-0.1, -0.05) is 26.0 Å². The van der Waals surface area contributed by atoms with Crippen LogP contribution in [0.25, 0.3) is 0 Å². The summed E-state index contributed by atoms with van der Waals surface area (Å²) >= 11 is 0. The molecule has 0 saturated heterocycles. The van der Waals surface area contributed by atoms with Crippen LogP contribution >= 0.6 is 0 Å². The third-order valence-electron chi connectivity index (χ3n) is 2.66. The molecule has 1 aromatic rings. The maximum Gasteiger partial charge on any atom is 0.310 e. The van der Waals surface area contributed by atoms with Crippen LogP contribution in [-0.4, -0.2) is 19.1 Å². The maximum atomic E-state index is 11.4. The molecule has 0 saturated carbocycles. The topological polar surface area (TPSA) is 38.3 Å². The summed E-state index contributed by atoms with van der Waals surface area (Å²) in [6.07, 6.45) is 1.04. The largest absolute Gasteiger partial charge is 0.466 e. The summed E-state index contributed by atoms with van der Waals surface area (Å²) in [5.74, 6) is -0.272. The number of aryl methyl sites for hydroxylation is 1. The summed E-state index contributed by atoms with van der Waals surface area (Å²) in [7, 11) is 0. The van der Waals surface area contributed by atoms with E-state index in [9.17, 15) is 4.79 Å². The molecular formula is C14H21NO2. The quantitative estimate of drug-likeness (QED) is 0.770. The van der Waals surface area contributed by atoms with Crippen molar-refractivity contribution in [3.05, 3.63) is 29.8 Å². The molecule has 94 valence electrons. The van der Waals surface area contributed by atoms with Gasteiger partial charge in [-0.05, 0) is 31.0 Å². The Labute approximate surface area is 103 Å². The zero-order valence-corrected chi connectivity index (χ0v) is 10.8. The normalized spacial score (nSPS) is 11.9. The van der Waals surface area contributed by atoms with Gasteiger partial charge in [-0.15, -0.1) is 0 Å². The molecule has 0 radical (unpaired) electrons. The fraction of sp³-hybridized carbons (Fsp3) is 0.500. The third-order valence-corrected chi connectivity index (χ3v) is 2.66. The van der Waals surface area contributed by atoms with Crippen LogP contribution in [0, 0.1) is 5.92 Å². The molecule has 3 nitrogen and oxygen atoms in total. The summed E-state index contributed by atoms with van der Waals surface area (Å²) in [4.78, 5) is 11.4. The Balaban J connectivity index is 2.41. The van der Waals surface area contributed by atoms with E-state index in [2.05, 4.69) is 24.4 Å². The summed E-state index contributed by atoms with van der Waals surface area (Å²) in [6, 6.07) is 8.27. The zero-order valence-electron chi connectivity index (χ0n) is 10.8. The van der Waals surface area contributed by atoms with Gasteiger partial charge in [0.2, 0.25) is 0 Å². The van der Waals surface area contributed by atoms with Gasteiger partial charge in [0.25, 0.3) is 0 Å². The van der Waals surface area contributed by atoms with Gasteiger partial charge in [-0.2, -0.15) is 0 Å². The molecule has 1 atom stereocenters. The van der Waals surface area contributed by atoms with E-state index >= 15 is 0 Å². The monoisotopic (exact) mass is 235 g/mol. The van der Waals surface area contributed by atoms with Crippen LogP contribution in [0.3, 0.4) is 0 Å². The standard InChI is InChI=1S/C14H21NO2/c1-4-12-6-8-13(9-7-12)15-10-11(3)14(16)17-5-2/h6-9,11,15H,4-5,10H2,1-3H3. The molecule has 0 aliphatic heterocycles. The molecule has 0 aliphatic rings. The fourth-order valence-electron chi connectivity index (χ4n) is 1.50. The molecule has 3 heteroatoms. The Hall–Kier alpha value is -1.51. The van der Waals surface area contributed by atoms with Crippen LogP contribution in [0.2, 0.25) is 0 Å². The van der Waals surface area contributed by atoms with E-state index in [0.29, 0.717) is 13.2 Å². The van der Waals surface area contributed by atoms with Crippen molar-refractivity contribution in [1.29, 1.82) is 0 Å². The lowest BCUT2D eigenvalue weighted by atomic mass is 10.1. The average molecular weight is 235 g/mol. The lowest BCUT2D eigenvalue weighted by Gasteiger charge is -2.12. The smallest absolute Gasteiger partial charge is 0.310 e. The van der Waals surface area contributed by atoms with Gasteiger partial charge < -0.3 is 10.1 Å². The number of esters is 1. The van der Waals surface area contributed by atoms with Crippen molar-refractivity contribution in [2.45, 2.75) is 27.2 Å². The summed E-state index contributed by atoms with van der Waals surface area (Å²) in [5.41, 5.74) is 2.35. The molecule has 0 heterocycles. The molecule has 1 aromatic carbocycles. The highest BCUT2D eigenvalue weighted by Gasteiger charge is 2.12. The fourth-order valence-corrected chi connectivity index (χ4v) is 1.50. The van der Waals surface area contributed by atoms with E-state index in [0.717, 1.165) is 12.1 Å². The minimum atomic E-state index is -0.148. The molecule has 1 N–H and O–H groups in total. The predicted molar refractivity (Wildman–Crippen MR) is 70.1 cm³/mol. The molecule has 0 spiro atoms. The Morgan fingerprint density at radius 1 is 1.29 bits per heavy atom. The first kappa shape index (κ1) is 13.6. The summed E-state index contributed by atoms with van der Waals surface area (Å²) in [5, 5.41) is 3.23. The molecule has 1 unspecified atom stereocenters.